The van der Waals surface area contributed by atoms with Gasteiger partial charge in [0.05, 0.1) is 24.0 Å². The Kier molecular flexibility index (Phi) is 6.57. The van der Waals surface area contributed by atoms with Gasteiger partial charge in [-0.1, -0.05) is 60.3 Å². The molecule has 8 heteroatoms. The Morgan fingerprint density at radius 2 is 1.97 bits per heavy atom. The maximum absolute atomic E-state index is 12.5. The zero-order valence-electron chi connectivity index (χ0n) is 18.6. The number of carbonyl (C=O) groups is 1. The van der Waals surface area contributed by atoms with Crippen molar-refractivity contribution in [3.63, 3.8) is 0 Å². The smallest absolute Gasteiger partial charge is 0.230 e. The van der Waals surface area contributed by atoms with E-state index < -0.39 is 0 Å². The van der Waals surface area contributed by atoms with Gasteiger partial charge in [-0.3, -0.25) is 14.1 Å². The monoisotopic (exact) mass is 461 g/mol. The molecule has 3 heterocycles. The second-order valence-electron chi connectivity index (χ2n) is 8.33. The quantitative estimate of drug-likeness (QED) is 0.426. The molecule has 33 heavy (non-hydrogen) atoms. The summed E-state index contributed by atoms with van der Waals surface area (Å²) in [5.41, 5.74) is 4.30. The van der Waals surface area contributed by atoms with Crippen LogP contribution in [0.15, 0.2) is 65.8 Å². The van der Waals surface area contributed by atoms with Crippen LogP contribution in [0.1, 0.15) is 11.1 Å². The number of amides is 1. The molecule has 4 aromatic rings. The molecular weight excluding hydrogens is 434 g/mol. The van der Waals surface area contributed by atoms with Crippen LogP contribution >= 0.6 is 11.8 Å². The van der Waals surface area contributed by atoms with Gasteiger partial charge in [0.2, 0.25) is 5.91 Å². The molecule has 7 nitrogen and oxygen atoms in total. The highest BCUT2D eigenvalue weighted by Gasteiger charge is 2.21. The summed E-state index contributed by atoms with van der Waals surface area (Å²) in [6, 6.07) is 20.7. The first kappa shape index (κ1) is 21.9. The maximum Gasteiger partial charge on any atom is 0.230 e. The Bertz CT molecular complexity index is 1260. The van der Waals surface area contributed by atoms with Crippen LogP contribution in [0.2, 0.25) is 0 Å². The first-order valence-corrected chi connectivity index (χ1v) is 12.2. The van der Waals surface area contributed by atoms with Crippen LogP contribution in [-0.4, -0.2) is 63.5 Å². The highest BCUT2D eigenvalue weighted by molar-refractivity contribution is 7.99. The summed E-state index contributed by atoms with van der Waals surface area (Å²) in [6.45, 7) is 5.88. The van der Waals surface area contributed by atoms with Crippen LogP contribution in [0.5, 0.6) is 0 Å². The molecule has 0 saturated carbocycles. The van der Waals surface area contributed by atoms with Gasteiger partial charge in [-0.25, -0.2) is 0 Å². The molecule has 0 bridgehead atoms. The topological polar surface area (TPSA) is 71.8 Å². The molecule has 170 valence electrons. The molecule has 0 radical (unpaired) electrons. The zero-order chi connectivity index (χ0) is 22.6. The fourth-order valence-corrected chi connectivity index (χ4v) is 5.05. The third-order valence-electron chi connectivity index (χ3n) is 5.90. The number of nitrogens with one attached hydrogen (secondary N) is 1. The molecule has 0 aliphatic carbocycles. The Balaban J connectivity index is 1.16. The number of aryl methyl sites for hydroxylation is 1. The van der Waals surface area contributed by atoms with E-state index in [-0.39, 0.29) is 17.8 Å². The molecule has 1 saturated heterocycles. The van der Waals surface area contributed by atoms with Gasteiger partial charge < -0.3 is 10.1 Å². The minimum absolute atomic E-state index is 0.00254. The minimum atomic E-state index is -0.0306. The van der Waals surface area contributed by atoms with Crippen molar-refractivity contribution in [1.82, 2.24) is 24.8 Å². The summed E-state index contributed by atoms with van der Waals surface area (Å²) < 4.78 is 7.89. The lowest BCUT2D eigenvalue weighted by Gasteiger charge is -2.33. The van der Waals surface area contributed by atoms with Gasteiger partial charge in [0.15, 0.2) is 10.8 Å². The van der Waals surface area contributed by atoms with Crippen LogP contribution in [0, 0.1) is 6.92 Å². The number of hydrogen-bond acceptors (Lipinski definition) is 6. The summed E-state index contributed by atoms with van der Waals surface area (Å²) in [5, 5.41) is 13.5. The van der Waals surface area contributed by atoms with Gasteiger partial charge in [0.25, 0.3) is 0 Å². The first-order chi connectivity index (χ1) is 16.2. The average Bonchev–Trinajstić information content (AvgIpc) is 3.25. The highest BCUT2D eigenvalue weighted by atomic mass is 32.2. The van der Waals surface area contributed by atoms with Gasteiger partial charge in [-0.05, 0) is 30.2 Å². The minimum Gasteiger partial charge on any atom is -0.374 e. The molecule has 5 rings (SSSR count). The Labute approximate surface area is 197 Å². The van der Waals surface area contributed by atoms with Crippen molar-refractivity contribution in [2.45, 2.75) is 24.7 Å². The van der Waals surface area contributed by atoms with Crippen LogP contribution < -0.4 is 5.32 Å². The summed E-state index contributed by atoms with van der Waals surface area (Å²) in [7, 11) is 0. The van der Waals surface area contributed by atoms with Crippen molar-refractivity contribution in [3.8, 4) is 0 Å². The molecule has 1 amide bonds. The Hall–Kier alpha value is -2.94. The van der Waals surface area contributed by atoms with E-state index in [2.05, 4.69) is 63.7 Å². The fraction of sp³-hybridized carbons (Fsp3) is 0.320. The van der Waals surface area contributed by atoms with Gasteiger partial charge in [0, 0.05) is 31.6 Å². The van der Waals surface area contributed by atoms with Crippen molar-refractivity contribution < 1.29 is 9.53 Å². The van der Waals surface area contributed by atoms with E-state index >= 15 is 0 Å². The predicted octanol–water partition coefficient (Wildman–Crippen LogP) is 3.30. The molecule has 1 aliphatic rings. The molecule has 2 aromatic heterocycles. The van der Waals surface area contributed by atoms with Crippen molar-refractivity contribution >= 4 is 34.2 Å². The SMILES string of the molecule is Cc1cc2nnc(SCC(=O)NCC3CN(Cc4ccccc4)CCO3)n2c2ccccc12. The van der Waals surface area contributed by atoms with Crippen LogP contribution in [0.3, 0.4) is 0 Å². The van der Waals surface area contributed by atoms with Crippen LogP contribution in [0.25, 0.3) is 16.6 Å². The van der Waals surface area contributed by atoms with Crippen LogP contribution in [0.4, 0.5) is 0 Å². The number of morpholine rings is 1. The van der Waals surface area contributed by atoms with E-state index in [0.717, 1.165) is 46.9 Å². The third kappa shape index (κ3) is 5.03. The highest BCUT2D eigenvalue weighted by Crippen LogP contribution is 2.25. The number of rotatable bonds is 7. The average molecular weight is 462 g/mol. The van der Waals surface area contributed by atoms with Crippen molar-refractivity contribution in [3.05, 3.63) is 71.8 Å². The second-order valence-corrected chi connectivity index (χ2v) is 9.27. The number of nitrogens with zero attached hydrogens (tertiary/aromatic N) is 4. The number of ether oxygens (including phenoxy) is 1. The lowest BCUT2D eigenvalue weighted by Crippen LogP contribution is -2.47. The van der Waals surface area contributed by atoms with Gasteiger partial charge >= 0.3 is 0 Å². The standard InChI is InChI=1S/C25H27N5O2S/c1-18-13-23-27-28-25(30(23)22-10-6-5-9-21(18)22)33-17-24(31)26-14-20-16-29(11-12-32-20)15-19-7-3-2-4-8-19/h2-10,13,20H,11-12,14-17H2,1H3,(H,26,31). The summed E-state index contributed by atoms with van der Waals surface area (Å²) in [6.07, 6.45) is -0.00254. The number of pyridine rings is 1. The zero-order valence-corrected chi connectivity index (χ0v) is 19.4. The van der Waals surface area contributed by atoms with Crippen LogP contribution in [-0.2, 0) is 16.1 Å². The van der Waals surface area contributed by atoms with E-state index in [0.29, 0.717) is 13.2 Å². The van der Waals surface area contributed by atoms with Crippen molar-refractivity contribution in [1.29, 1.82) is 0 Å². The second kappa shape index (κ2) is 9.91. The lowest BCUT2D eigenvalue weighted by molar-refractivity contribution is -0.119. The molecule has 1 N–H and O–H groups in total. The van der Waals surface area contributed by atoms with E-state index in [9.17, 15) is 4.79 Å². The molecule has 0 spiro atoms. The van der Waals surface area contributed by atoms with Gasteiger partial charge in [0.1, 0.15) is 0 Å². The molecule has 1 aliphatic heterocycles. The number of fused-ring (bicyclic) bond motifs is 3. The Morgan fingerprint density at radius 1 is 1.15 bits per heavy atom. The van der Waals surface area contributed by atoms with Crippen molar-refractivity contribution in [2.24, 2.45) is 0 Å². The number of benzene rings is 2. The summed E-state index contributed by atoms with van der Waals surface area (Å²) >= 11 is 1.40. The number of para-hydroxylation sites is 1. The van der Waals surface area contributed by atoms with E-state index in [1.165, 1.54) is 17.3 Å². The Morgan fingerprint density at radius 3 is 2.85 bits per heavy atom. The van der Waals surface area contributed by atoms with Gasteiger partial charge in [-0.15, -0.1) is 10.2 Å². The number of hydrogen-bond donors (Lipinski definition) is 1. The number of aromatic nitrogens is 3. The number of carbonyl (C=O) groups excluding carboxylic acids is 1. The largest absolute Gasteiger partial charge is 0.374 e. The summed E-state index contributed by atoms with van der Waals surface area (Å²) in [5.74, 6) is 0.251. The molecule has 1 atom stereocenters. The molecule has 1 fully saturated rings. The normalized spacial score (nSPS) is 16.9. The first-order valence-electron chi connectivity index (χ1n) is 11.2. The van der Waals surface area contributed by atoms with E-state index in [1.807, 2.05) is 28.7 Å². The third-order valence-corrected chi connectivity index (χ3v) is 6.83. The maximum atomic E-state index is 12.5. The van der Waals surface area contributed by atoms with E-state index in [4.69, 9.17) is 4.74 Å². The molecule has 1 unspecified atom stereocenters. The summed E-state index contributed by atoms with van der Waals surface area (Å²) in [4.78, 5) is 14.9. The lowest BCUT2D eigenvalue weighted by atomic mass is 10.1. The van der Waals surface area contributed by atoms with Gasteiger partial charge in [-0.2, -0.15) is 0 Å². The fourth-order valence-electron chi connectivity index (χ4n) is 4.27. The predicted molar refractivity (Wildman–Crippen MR) is 130 cm³/mol. The molecular formula is C25H27N5O2S. The van der Waals surface area contributed by atoms with E-state index in [1.54, 1.807) is 0 Å². The van der Waals surface area contributed by atoms with Crippen molar-refractivity contribution in [2.75, 3.05) is 32.0 Å². The number of thioether (sulfide) groups is 1. The molecule has 2 aromatic carbocycles.